The van der Waals surface area contributed by atoms with E-state index in [0.717, 1.165) is 18.7 Å². The fourth-order valence-electron chi connectivity index (χ4n) is 3.50. The van der Waals surface area contributed by atoms with Gasteiger partial charge in [0.05, 0.1) is 4.92 Å². The van der Waals surface area contributed by atoms with Crippen molar-refractivity contribution in [2.24, 2.45) is 0 Å². The van der Waals surface area contributed by atoms with Crippen LogP contribution in [0.1, 0.15) is 31.2 Å². The summed E-state index contributed by atoms with van der Waals surface area (Å²) < 4.78 is 0. The van der Waals surface area contributed by atoms with E-state index in [9.17, 15) is 10.1 Å². The van der Waals surface area contributed by atoms with Crippen LogP contribution in [0.2, 0.25) is 0 Å². The molecule has 2 fully saturated rings. The van der Waals surface area contributed by atoms with E-state index in [-0.39, 0.29) is 11.3 Å². The molecule has 0 bridgehead atoms. The summed E-state index contributed by atoms with van der Waals surface area (Å²) in [5.41, 5.74) is 0.784. The van der Waals surface area contributed by atoms with Gasteiger partial charge in [0.15, 0.2) is 0 Å². The van der Waals surface area contributed by atoms with Crippen molar-refractivity contribution in [2.75, 3.05) is 18.4 Å². The van der Waals surface area contributed by atoms with Crippen molar-refractivity contribution in [3.63, 3.8) is 0 Å². The van der Waals surface area contributed by atoms with E-state index in [1.54, 1.807) is 12.1 Å². The molecular weight excluding hydrogens is 268 g/mol. The highest BCUT2D eigenvalue weighted by Crippen LogP contribution is 2.30. The molecule has 0 spiro atoms. The lowest BCUT2D eigenvalue weighted by atomic mass is 9.98. The summed E-state index contributed by atoms with van der Waals surface area (Å²) >= 11 is 0. The Bertz CT molecular complexity index is 596. The molecule has 0 aliphatic carbocycles. The molecule has 21 heavy (non-hydrogen) atoms. The van der Waals surface area contributed by atoms with E-state index in [2.05, 4.69) is 10.2 Å². The van der Waals surface area contributed by atoms with Gasteiger partial charge in [-0.3, -0.25) is 15.0 Å². The van der Waals surface area contributed by atoms with E-state index in [1.165, 1.54) is 31.9 Å². The second kappa shape index (κ2) is 5.70. The number of nitriles is 1. The van der Waals surface area contributed by atoms with E-state index >= 15 is 0 Å². The van der Waals surface area contributed by atoms with Crippen LogP contribution in [-0.4, -0.2) is 35.0 Å². The van der Waals surface area contributed by atoms with Gasteiger partial charge in [-0.1, -0.05) is 6.42 Å². The summed E-state index contributed by atoms with van der Waals surface area (Å²) in [5.74, 6) is 0. The van der Waals surface area contributed by atoms with Crippen LogP contribution >= 0.6 is 0 Å². The van der Waals surface area contributed by atoms with Gasteiger partial charge in [-0.2, -0.15) is 5.26 Å². The van der Waals surface area contributed by atoms with Gasteiger partial charge >= 0.3 is 0 Å². The lowest BCUT2D eigenvalue weighted by Gasteiger charge is -2.33. The maximum Gasteiger partial charge on any atom is 0.287 e. The first-order valence-electron chi connectivity index (χ1n) is 7.38. The van der Waals surface area contributed by atoms with Gasteiger partial charge in [0.25, 0.3) is 5.69 Å². The molecule has 2 saturated heterocycles. The van der Waals surface area contributed by atoms with Crippen molar-refractivity contribution in [3.05, 3.63) is 33.9 Å². The number of hydrogen-bond acceptors (Lipinski definition) is 5. The van der Waals surface area contributed by atoms with Gasteiger partial charge in [0.2, 0.25) is 0 Å². The summed E-state index contributed by atoms with van der Waals surface area (Å²) in [6.07, 6.45) is 4.84. The minimum Gasteiger partial charge on any atom is -0.381 e. The third kappa shape index (κ3) is 2.69. The highest BCUT2D eigenvalue weighted by molar-refractivity contribution is 5.59. The van der Waals surface area contributed by atoms with Gasteiger partial charge < -0.3 is 5.32 Å². The normalized spacial score (nSPS) is 25.1. The highest BCUT2D eigenvalue weighted by Gasteiger charge is 2.35. The zero-order valence-corrected chi connectivity index (χ0v) is 11.8. The Hall–Kier alpha value is -2.13. The van der Waals surface area contributed by atoms with Crippen molar-refractivity contribution in [1.82, 2.24) is 4.90 Å². The summed E-state index contributed by atoms with van der Waals surface area (Å²) in [7, 11) is 0. The molecule has 0 amide bonds. The predicted octanol–water partition coefficient (Wildman–Crippen LogP) is 2.51. The summed E-state index contributed by atoms with van der Waals surface area (Å²) in [6.45, 7) is 2.28. The molecule has 2 atom stereocenters. The molecule has 1 aromatic rings. The first-order chi connectivity index (χ1) is 10.2. The quantitative estimate of drug-likeness (QED) is 0.682. The second-order valence-electron chi connectivity index (χ2n) is 5.74. The average molecular weight is 286 g/mol. The maximum atomic E-state index is 10.9. The lowest BCUT2D eigenvalue weighted by Crippen LogP contribution is -2.41. The van der Waals surface area contributed by atoms with Crippen LogP contribution in [0.15, 0.2) is 18.2 Å². The van der Waals surface area contributed by atoms with E-state index in [4.69, 9.17) is 5.26 Å². The Balaban J connectivity index is 1.76. The second-order valence-corrected chi connectivity index (χ2v) is 5.74. The first kappa shape index (κ1) is 13.8. The summed E-state index contributed by atoms with van der Waals surface area (Å²) in [6, 6.07) is 7.53. The number of fused-ring (bicyclic) bond motifs is 1. The van der Waals surface area contributed by atoms with Crippen molar-refractivity contribution in [2.45, 2.75) is 37.8 Å². The Morgan fingerprint density at radius 2 is 2.19 bits per heavy atom. The zero-order chi connectivity index (χ0) is 14.8. The van der Waals surface area contributed by atoms with Gasteiger partial charge in [-0.05, 0) is 37.9 Å². The molecule has 1 aromatic carbocycles. The van der Waals surface area contributed by atoms with Gasteiger partial charge in [0, 0.05) is 30.4 Å². The molecule has 1 N–H and O–H groups in total. The van der Waals surface area contributed by atoms with Crippen LogP contribution in [-0.2, 0) is 0 Å². The standard InChI is InChI=1S/C15H18N4O2/c16-10-11-9-12(4-5-14(11)19(20)21)17-13-6-8-18-7-2-1-3-15(13)18/h4-5,9,13,15,17H,1-3,6-8H2. The molecule has 2 heterocycles. The molecule has 110 valence electrons. The number of nitro groups is 1. The van der Waals surface area contributed by atoms with E-state index in [0.29, 0.717) is 12.1 Å². The first-order valence-corrected chi connectivity index (χ1v) is 7.38. The fraction of sp³-hybridized carbons (Fsp3) is 0.533. The van der Waals surface area contributed by atoms with Gasteiger partial charge in [0.1, 0.15) is 11.6 Å². The number of rotatable bonds is 3. The topological polar surface area (TPSA) is 82.2 Å². The molecule has 0 saturated carbocycles. The molecular formula is C15H18N4O2. The maximum absolute atomic E-state index is 10.9. The number of anilines is 1. The fourth-order valence-corrected chi connectivity index (χ4v) is 3.50. The van der Waals surface area contributed by atoms with Crippen LogP contribution in [0.3, 0.4) is 0 Å². The van der Waals surface area contributed by atoms with E-state index in [1.807, 2.05) is 6.07 Å². The highest BCUT2D eigenvalue weighted by atomic mass is 16.6. The van der Waals surface area contributed by atoms with Crippen LogP contribution in [0.25, 0.3) is 0 Å². The SMILES string of the molecule is N#Cc1cc(NC2CCN3CCCCC23)ccc1[N+](=O)[O-]. The van der Waals surface area contributed by atoms with E-state index < -0.39 is 4.92 Å². The van der Waals surface area contributed by atoms with Crippen molar-refractivity contribution >= 4 is 11.4 Å². The van der Waals surface area contributed by atoms with Crippen LogP contribution in [0.5, 0.6) is 0 Å². The molecule has 6 nitrogen and oxygen atoms in total. The minimum atomic E-state index is -0.513. The molecule has 2 aliphatic rings. The van der Waals surface area contributed by atoms with Gasteiger partial charge in [-0.25, -0.2) is 0 Å². The summed E-state index contributed by atoms with van der Waals surface area (Å²) in [4.78, 5) is 12.9. The lowest BCUT2D eigenvalue weighted by molar-refractivity contribution is -0.385. The number of nitro benzene ring substituents is 1. The number of nitrogens with zero attached hydrogens (tertiary/aromatic N) is 3. The summed E-state index contributed by atoms with van der Waals surface area (Å²) in [5, 5.41) is 23.4. The average Bonchev–Trinajstić information content (AvgIpc) is 2.90. The molecule has 2 unspecified atom stereocenters. The Kier molecular flexibility index (Phi) is 3.76. The van der Waals surface area contributed by atoms with Gasteiger partial charge in [-0.15, -0.1) is 0 Å². The zero-order valence-electron chi connectivity index (χ0n) is 11.8. The molecule has 0 aromatic heterocycles. The number of nitrogens with one attached hydrogen (secondary N) is 1. The Labute approximate surface area is 123 Å². The van der Waals surface area contributed by atoms with Crippen molar-refractivity contribution in [1.29, 1.82) is 5.26 Å². The van der Waals surface area contributed by atoms with Crippen molar-refractivity contribution in [3.8, 4) is 6.07 Å². The number of benzene rings is 1. The monoisotopic (exact) mass is 286 g/mol. The predicted molar refractivity (Wildman–Crippen MR) is 79.1 cm³/mol. The smallest absolute Gasteiger partial charge is 0.287 e. The molecule has 2 aliphatic heterocycles. The molecule has 0 radical (unpaired) electrons. The van der Waals surface area contributed by atoms with Crippen LogP contribution < -0.4 is 5.32 Å². The Morgan fingerprint density at radius 1 is 1.33 bits per heavy atom. The van der Waals surface area contributed by atoms with Crippen LogP contribution in [0.4, 0.5) is 11.4 Å². The largest absolute Gasteiger partial charge is 0.381 e. The third-order valence-electron chi connectivity index (χ3n) is 4.52. The number of hydrogen-bond donors (Lipinski definition) is 1. The van der Waals surface area contributed by atoms with Crippen molar-refractivity contribution < 1.29 is 4.92 Å². The number of piperidine rings is 1. The molecule has 3 rings (SSSR count). The minimum absolute atomic E-state index is 0.114. The van der Waals surface area contributed by atoms with Crippen LogP contribution in [0, 0.1) is 21.4 Å². The molecule has 6 heteroatoms. The Morgan fingerprint density at radius 3 is 2.95 bits per heavy atom. The third-order valence-corrected chi connectivity index (χ3v) is 4.52.